The molecule has 20 heavy (non-hydrogen) atoms. The molecule has 1 aromatic heterocycles. The summed E-state index contributed by atoms with van der Waals surface area (Å²) in [6.45, 7) is 2.08. The van der Waals surface area contributed by atoms with Crippen molar-refractivity contribution in [3.63, 3.8) is 0 Å². The number of nitrogens with one attached hydrogen (secondary N) is 1. The molecular formula is C14H15N3O3. The van der Waals surface area contributed by atoms with E-state index in [-0.39, 0.29) is 18.0 Å². The van der Waals surface area contributed by atoms with Gasteiger partial charge in [-0.1, -0.05) is 12.1 Å². The van der Waals surface area contributed by atoms with Gasteiger partial charge in [-0.25, -0.2) is 4.79 Å². The Balaban J connectivity index is 2.05. The number of hydrogen-bond donors (Lipinski definition) is 2. The molecule has 0 saturated carbocycles. The molecule has 0 unspecified atom stereocenters. The second-order valence-electron chi connectivity index (χ2n) is 4.46. The minimum atomic E-state index is -0.985. The molecule has 0 aliphatic carbocycles. The summed E-state index contributed by atoms with van der Waals surface area (Å²) in [4.78, 5) is 22.9. The monoisotopic (exact) mass is 273 g/mol. The van der Waals surface area contributed by atoms with Gasteiger partial charge in [0.1, 0.15) is 0 Å². The molecule has 0 atom stereocenters. The zero-order valence-electron chi connectivity index (χ0n) is 11.3. The number of benzene rings is 1. The Morgan fingerprint density at radius 3 is 2.75 bits per heavy atom. The van der Waals surface area contributed by atoms with Crippen LogP contribution in [-0.2, 0) is 13.6 Å². The molecule has 0 saturated heterocycles. The number of aryl methyl sites for hydroxylation is 1. The maximum Gasteiger partial charge on any atom is 0.335 e. The van der Waals surface area contributed by atoms with Crippen LogP contribution in [0, 0.1) is 6.92 Å². The number of carboxylic acids is 1. The Morgan fingerprint density at radius 2 is 2.15 bits per heavy atom. The van der Waals surface area contributed by atoms with E-state index in [9.17, 15) is 9.59 Å². The van der Waals surface area contributed by atoms with Gasteiger partial charge in [-0.3, -0.25) is 9.48 Å². The van der Waals surface area contributed by atoms with E-state index >= 15 is 0 Å². The van der Waals surface area contributed by atoms with E-state index in [4.69, 9.17) is 5.11 Å². The van der Waals surface area contributed by atoms with Crippen molar-refractivity contribution < 1.29 is 14.7 Å². The average Bonchev–Trinajstić information content (AvgIpc) is 2.77. The molecule has 0 bridgehead atoms. The van der Waals surface area contributed by atoms with E-state index in [0.717, 1.165) is 11.3 Å². The van der Waals surface area contributed by atoms with Crippen LogP contribution in [0.5, 0.6) is 0 Å². The van der Waals surface area contributed by atoms with E-state index in [1.807, 2.05) is 6.92 Å². The van der Waals surface area contributed by atoms with Gasteiger partial charge in [-0.2, -0.15) is 5.10 Å². The minimum Gasteiger partial charge on any atom is -0.478 e. The standard InChI is InChI=1S/C14H15N3O3/c1-9-12(8-16-17(9)2)13(18)15-7-10-4-3-5-11(6-10)14(19)20/h3-6,8H,7H2,1-2H3,(H,15,18)(H,19,20). The minimum absolute atomic E-state index is 0.203. The lowest BCUT2D eigenvalue weighted by molar-refractivity contribution is 0.0696. The van der Waals surface area contributed by atoms with Crippen molar-refractivity contribution in [1.82, 2.24) is 15.1 Å². The van der Waals surface area contributed by atoms with Crippen molar-refractivity contribution in [2.45, 2.75) is 13.5 Å². The van der Waals surface area contributed by atoms with Crippen LogP contribution in [0.2, 0.25) is 0 Å². The Kier molecular flexibility index (Phi) is 3.84. The first-order chi connectivity index (χ1) is 9.49. The van der Waals surface area contributed by atoms with E-state index in [0.29, 0.717) is 5.56 Å². The molecular weight excluding hydrogens is 258 g/mol. The summed E-state index contributed by atoms with van der Waals surface area (Å²) < 4.78 is 1.62. The van der Waals surface area contributed by atoms with Crippen LogP contribution in [0.3, 0.4) is 0 Å². The van der Waals surface area contributed by atoms with Gasteiger partial charge in [0.05, 0.1) is 17.3 Å². The van der Waals surface area contributed by atoms with E-state index in [2.05, 4.69) is 10.4 Å². The van der Waals surface area contributed by atoms with Gasteiger partial charge in [-0.05, 0) is 24.6 Å². The number of aromatic nitrogens is 2. The van der Waals surface area contributed by atoms with Gasteiger partial charge in [0, 0.05) is 19.3 Å². The van der Waals surface area contributed by atoms with Crippen molar-refractivity contribution in [3.8, 4) is 0 Å². The number of amides is 1. The number of rotatable bonds is 4. The highest BCUT2D eigenvalue weighted by molar-refractivity contribution is 5.95. The molecule has 6 heteroatoms. The molecule has 6 nitrogen and oxygen atoms in total. The van der Waals surface area contributed by atoms with Crippen LogP contribution in [0.4, 0.5) is 0 Å². The SMILES string of the molecule is Cc1c(C(=O)NCc2cccc(C(=O)O)c2)cnn1C. The fraction of sp³-hybridized carbons (Fsp3) is 0.214. The van der Waals surface area contributed by atoms with Gasteiger partial charge in [0.25, 0.3) is 5.91 Å². The lowest BCUT2D eigenvalue weighted by Crippen LogP contribution is -2.23. The third kappa shape index (κ3) is 2.85. The quantitative estimate of drug-likeness (QED) is 0.880. The largest absolute Gasteiger partial charge is 0.478 e. The van der Waals surface area contributed by atoms with Gasteiger partial charge < -0.3 is 10.4 Å². The topological polar surface area (TPSA) is 84.2 Å². The number of carboxylic acid groups (broad SMARTS) is 1. The van der Waals surface area contributed by atoms with Crippen molar-refractivity contribution >= 4 is 11.9 Å². The van der Waals surface area contributed by atoms with Crippen LogP contribution >= 0.6 is 0 Å². The zero-order chi connectivity index (χ0) is 14.7. The molecule has 104 valence electrons. The first-order valence-electron chi connectivity index (χ1n) is 6.08. The van der Waals surface area contributed by atoms with Gasteiger partial charge in [-0.15, -0.1) is 0 Å². The predicted molar refractivity (Wildman–Crippen MR) is 72.5 cm³/mol. The zero-order valence-corrected chi connectivity index (χ0v) is 11.3. The first-order valence-corrected chi connectivity index (χ1v) is 6.08. The van der Waals surface area contributed by atoms with E-state index in [1.54, 1.807) is 29.9 Å². The van der Waals surface area contributed by atoms with Crippen molar-refractivity contribution in [3.05, 3.63) is 52.8 Å². The molecule has 0 spiro atoms. The summed E-state index contributed by atoms with van der Waals surface area (Å²) >= 11 is 0. The van der Waals surface area contributed by atoms with Crippen molar-refractivity contribution in [2.75, 3.05) is 0 Å². The molecule has 0 fully saturated rings. The van der Waals surface area contributed by atoms with E-state index in [1.165, 1.54) is 12.3 Å². The Labute approximate surface area is 116 Å². The maximum atomic E-state index is 12.0. The lowest BCUT2D eigenvalue weighted by atomic mass is 10.1. The number of aromatic carboxylic acids is 1. The third-order valence-corrected chi connectivity index (χ3v) is 3.11. The van der Waals surface area contributed by atoms with E-state index < -0.39 is 5.97 Å². The van der Waals surface area contributed by atoms with Gasteiger partial charge in [0.2, 0.25) is 0 Å². The third-order valence-electron chi connectivity index (χ3n) is 3.11. The number of carbonyl (C=O) groups is 2. The lowest BCUT2D eigenvalue weighted by Gasteiger charge is -2.06. The molecule has 0 aliphatic heterocycles. The van der Waals surface area contributed by atoms with Crippen molar-refractivity contribution in [1.29, 1.82) is 0 Å². The summed E-state index contributed by atoms with van der Waals surface area (Å²) in [6, 6.07) is 6.47. The smallest absolute Gasteiger partial charge is 0.335 e. The molecule has 0 radical (unpaired) electrons. The maximum absolute atomic E-state index is 12.0. The van der Waals surface area contributed by atoms with Crippen LogP contribution in [0.15, 0.2) is 30.5 Å². The number of nitrogens with zero attached hydrogens (tertiary/aromatic N) is 2. The van der Waals surface area contributed by atoms with Crippen molar-refractivity contribution in [2.24, 2.45) is 7.05 Å². The highest BCUT2D eigenvalue weighted by Gasteiger charge is 2.12. The van der Waals surface area contributed by atoms with Gasteiger partial charge >= 0.3 is 5.97 Å². The predicted octanol–water partition coefficient (Wildman–Crippen LogP) is 1.36. The first kappa shape index (κ1) is 13.8. The summed E-state index contributed by atoms with van der Waals surface area (Å²) in [5.41, 5.74) is 2.23. The second-order valence-corrected chi connectivity index (χ2v) is 4.46. The van der Waals surface area contributed by atoms with Gasteiger partial charge in [0.15, 0.2) is 0 Å². The average molecular weight is 273 g/mol. The summed E-state index contributed by atoms with van der Waals surface area (Å²) in [5, 5.41) is 15.7. The Morgan fingerprint density at radius 1 is 1.40 bits per heavy atom. The number of hydrogen-bond acceptors (Lipinski definition) is 3. The van der Waals surface area contributed by atoms with Crippen LogP contribution in [0.1, 0.15) is 32.0 Å². The molecule has 2 N–H and O–H groups in total. The summed E-state index contributed by atoms with van der Waals surface area (Å²) in [5.74, 6) is -1.21. The molecule has 2 rings (SSSR count). The summed E-state index contributed by atoms with van der Waals surface area (Å²) in [6.07, 6.45) is 1.51. The van der Waals surface area contributed by atoms with Crippen LogP contribution < -0.4 is 5.32 Å². The Hall–Kier alpha value is -2.63. The normalized spacial score (nSPS) is 10.3. The molecule has 1 aromatic carbocycles. The van der Waals surface area contributed by atoms with Crippen LogP contribution in [-0.4, -0.2) is 26.8 Å². The highest BCUT2D eigenvalue weighted by atomic mass is 16.4. The Bertz CT molecular complexity index is 661. The highest BCUT2D eigenvalue weighted by Crippen LogP contribution is 2.08. The molecule has 1 amide bonds. The molecule has 2 aromatic rings. The fourth-order valence-electron chi connectivity index (χ4n) is 1.81. The molecule has 1 heterocycles. The molecule has 0 aliphatic rings. The van der Waals surface area contributed by atoms with Crippen LogP contribution in [0.25, 0.3) is 0 Å². The second kappa shape index (κ2) is 5.56. The fourth-order valence-corrected chi connectivity index (χ4v) is 1.81. The number of carbonyl (C=O) groups excluding carboxylic acids is 1. The summed E-state index contributed by atoms with van der Waals surface area (Å²) in [7, 11) is 1.77.